The number of nitriles is 1. The summed E-state index contributed by atoms with van der Waals surface area (Å²) in [5, 5.41) is 9.17. The van der Waals surface area contributed by atoms with E-state index in [4.69, 9.17) is 4.74 Å². The van der Waals surface area contributed by atoms with E-state index < -0.39 is 0 Å². The van der Waals surface area contributed by atoms with Crippen LogP contribution >= 0.6 is 0 Å². The van der Waals surface area contributed by atoms with Crippen molar-refractivity contribution < 1.29 is 9.13 Å². The van der Waals surface area contributed by atoms with Crippen molar-refractivity contribution in [3.05, 3.63) is 41.8 Å². The SMILES string of the molecule is COc1ccnc(N2CCN(c3c(F)cccc3C#N)CC2)n1. The summed E-state index contributed by atoms with van der Waals surface area (Å²) in [6, 6.07) is 8.32. The van der Waals surface area contributed by atoms with Gasteiger partial charge in [0.05, 0.1) is 18.4 Å². The van der Waals surface area contributed by atoms with E-state index in [1.807, 2.05) is 9.80 Å². The van der Waals surface area contributed by atoms with Gasteiger partial charge in [0, 0.05) is 38.4 Å². The lowest BCUT2D eigenvalue weighted by Gasteiger charge is -2.36. The molecule has 1 aromatic heterocycles. The molecule has 0 amide bonds. The highest BCUT2D eigenvalue weighted by Crippen LogP contribution is 2.26. The Bertz CT molecular complexity index is 737. The predicted octanol–water partition coefficient (Wildman–Crippen LogP) is 1.82. The van der Waals surface area contributed by atoms with Gasteiger partial charge in [0.1, 0.15) is 11.9 Å². The molecule has 0 radical (unpaired) electrons. The monoisotopic (exact) mass is 313 g/mol. The largest absolute Gasteiger partial charge is 0.481 e. The molecular formula is C16H16FN5O. The minimum absolute atomic E-state index is 0.357. The van der Waals surface area contributed by atoms with E-state index >= 15 is 0 Å². The number of piperazine rings is 1. The van der Waals surface area contributed by atoms with Crippen LogP contribution in [0, 0.1) is 17.1 Å². The van der Waals surface area contributed by atoms with Crippen LogP contribution in [0.1, 0.15) is 5.56 Å². The molecular weight excluding hydrogens is 297 g/mol. The summed E-state index contributed by atoms with van der Waals surface area (Å²) < 4.78 is 19.2. The van der Waals surface area contributed by atoms with Gasteiger partial charge in [-0.05, 0) is 12.1 Å². The second-order valence-corrected chi connectivity index (χ2v) is 5.12. The van der Waals surface area contributed by atoms with Gasteiger partial charge in [-0.25, -0.2) is 9.37 Å². The first kappa shape index (κ1) is 15.0. The van der Waals surface area contributed by atoms with E-state index in [1.54, 1.807) is 31.5 Å². The van der Waals surface area contributed by atoms with Crippen molar-refractivity contribution in [3.63, 3.8) is 0 Å². The van der Waals surface area contributed by atoms with Gasteiger partial charge in [-0.15, -0.1) is 0 Å². The van der Waals surface area contributed by atoms with Gasteiger partial charge in [0.25, 0.3) is 0 Å². The molecule has 2 heterocycles. The van der Waals surface area contributed by atoms with E-state index in [0.717, 1.165) is 0 Å². The average Bonchev–Trinajstić information content (AvgIpc) is 2.61. The molecule has 0 saturated carbocycles. The highest BCUT2D eigenvalue weighted by atomic mass is 19.1. The molecule has 118 valence electrons. The maximum absolute atomic E-state index is 14.1. The topological polar surface area (TPSA) is 65.3 Å². The first-order chi connectivity index (χ1) is 11.2. The molecule has 0 atom stereocenters. The molecule has 1 aliphatic rings. The third kappa shape index (κ3) is 3.01. The number of hydrogen-bond donors (Lipinski definition) is 0. The zero-order valence-corrected chi connectivity index (χ0v) is 12.7. The summed E-state index contributed by atoms with van der Waals surface area (Å²) in [6.45, 7) is 2.48. The van der Waals surface area contributed by atoms with Gasteiger partial charge in [-0.1, -0.05) is 6.07 Å². The van der Waals surface area contributed by atoms with Crippen molar-refractivity contribution in [1.29, 1.82) is 5.26 Å². The molecule has 0 spiro atoms. The molecule has 6 nitrogen and oxygen atoms in total. The third-order valence-electron chi connectivity index (χ3n) is 3.81. The molecule has 7 heteroatoms. The maximum Gasteiger partial charge on any atom is 0.228 e. The first-order valence-electron chi connectivity index (χ1n) is 7.28. The van der Waals surface area contributed by atoms with Gasteiger partial charge in [0.15, 0.2) is 0 Å². The Hall–Kier alpha value is -2.88. The van der Waals surface area contributed by atoms with Gasteiger partial charge < -0.3 is 14.5 Å². The Morgan fingerprint density at radius 1 is 1.17 bits per heavy atom. The lowest BCUT2D eigenvalue weighted by atomic mass is 10.1. The van der Waals surface area contributed by atoms with Crippen molar-refractivity contribution in [1.82, 2.24) is 9.97 Å². The van der Waals surface area contributed by atoms with Crippen LogP contribution in [0.25, 0.3) is 0 Å². The van der Waals surface area contributed by atoms with Crippen LogP contribution in [0.4, 0.5) is 16.0 Å². The van der Waals surface area contributed by atoms with E-state index in [2.05, 4.69) is 16.0 Å². The number of para-hydroxylation sites is 1. The first-order valence-corrected chi connectivity index (χ1v) is 7.28. The molecule has 0 N–H and O–H groups in total. The fourth-order valence-electron chi connectivity index (χ4n) is 2.66. The fraction of sp³-hybridized carbons (Fsp3) is 0.312. The molecule has 1 aliphatic heterocycles. The third-order valence-corrected chi connectivity index (χ3v) is 3.81. The van der Waals surface area contributed by atoms with Crippen LogP contribution < -0.4 is 14.5 Å². The Labute approximate surface area is 133 Å². The Kier molecular flexibility index (Phi) is 4.24. The average molecular weight is 313 g/mol. The number of anilines is 2. The number of hydrogen-bond acceptors (Lipinski definition) is 6. The quantitative estimate of drug-likeness (QED) is 0.861. The number of nitrogens with zero attached hydrogens (tertiary/aromatic N) is 5. The van der Waals surface area contributed by atoms with Crippen LogP contribution in [-0.4, -0.2) is 43.3 Å². The predicted molar refractivity (Wildman–Crippen MR) is 84.1 cm³/mol. The number of rotatable bonds is 3. The van der Waals surface area contributed by atoms with Crippen LogP contribution in [-0.2, 0) is 0 Å². The number of ether oxygens (including phenoxy) is 1. The summed E-state index contributed by atoms with van der Waals surface area (Å²) in [4.78, 5) is 12.5. The minimum atomic E-state index is -0.366. The number of aromatic nitrogens is 2. The number of benzene rings is 1. The van der Waals surface area contributed by atoms with Gasteiger partial charge in [0.2, 0.25) is 11.8 Å². The second kappa shape index (κ2) is 6.48. The highest BCUT2D eigenvalue weighted by molar-refractivity contribution is 5.61. The van der Waals surface area contributed by atoms with Gasteiger partial charge in [-0.3, -0.25) is 0 Å². The van der Waals surface area contributed by atoms with E-state index in [-0.39, 0.29) is 5.82 Å². The maximum atomic E-state index is 14.1. The van der Waals surface area contributed by atoms with Gasteiger partial charge in [-0.2, -0.15) is 10.2 Å². The Morgan fingerprint density at radius 3 is 2.61 bits per heavy atom. The lowest BCUT2D eigenvalue weighted by molar-refractivity contribution is 0.396. The second-order valence-electron chi connectivity index (χ2n) is 5.12. The molecule has 0 unspecified atom stereocenters. The molecule has 2 aromatic rings. The number of methoxy groups -OCH3 is 1. The number of halogens is 1. The zero-order chi connectivity index (χ0) is 16.2. The van der Waals surface area contributed by atoms with Crippen LogP contribution in [0.2, 0.25) is 0 Å². The Balaban J connectivity index is 1.75. The molecule has 1 saturated heterocycles. The van der Waals surface area contributed by atoms with Gasteiger partial charge >= 0.3 is 0 Å². The van der Waals surface area contributed by atoms with Crippen LogP contribution in [0.3, 0.4) is 0 Å². The summed E-state index contributed by atoms with van der Waals surface area (Å²) >= 11 is 0. The Morgan fingerprint density at radius 2 is 1.91 bits per heavy atom. The molecule has 3 rings (SSSR count). The minimum Gasteiger partial charge on any atom is -0.481 e. The smallest absolute Gasteiger partial charge is 0.228 e. The highest BCUT2D eigenvalue weighted by Gasteiger charge is 2.23. The summed E-state index contributed by atoms with van der Waals surface area (Å²) in [7, 11) is 1.56. The van der Waals surface area contributed by atoms with E-state index in [0.29, 0.717) is 49.3 Å². The standard InChI is InChI=1S/C16H16FN5O/c1-23-14-5-6-19-16(20-14)22-9-7-21(8-10-22)15-12(11-18)3-2-4-13(15)17/h2-6H,7-10H2,1H3. The van der Waals surface area contributed by atoms with Crippen molar-refractivity contribution >= 4 is 11.6 Å². The molecule has 0 bridgehead atoms. The van der Waals surface area contributed by atoms with E-state index in [1.165, 1.54) is 6.07 Å². The summed E-state index contributed by atoms with van der Waals surface area (Å²) in [5.74, 6) is 0.742. The summed E-state index contributed by atoms with van der Waals surface area (Å²) in [6.07, 6.45) is 1.65. The van der Waals surface area contributed by atoms with Crippen molar-refractivity contribution in [3.8, 4) is 11.9 Å². The normalized spacial score (nSPS) is 14.5. The zero-order valence-electron chi connectivity index (χ0n) is 12.7. The van der Waals surface area contributed by atoms with Crippen molar-refractivity contribution in [2.45, 2.75) is 0 Å². The van der Waals surface area contributed by atoms with Crippen molar-refractivity contribution in [2.24, 2.45) is 0 Å². The van der Waals surface area contributed by atoms with E-state index in [9.17, 15) is 9.65 Å². The molecule has 0 aliphatic carbocycles. The van der Waals surface area contributed by atoms with Crippen LogP contribution in [0.5, 0.6) is 5.88 Å². The molecule has 1 aromatic carbocycles. The lowest BCUT2D eigenvalue weighted by Crippen LogP contribution is -2.47. The van der Waals surface area contributed by atoms with Crippen LogP contribution in [0.15, 0.2) is 30.5 Å². The summed E-state index contributed by atoms with van der Waals surface area (Å²) in [5.41, 5.74) is 0.734. The molecule has 1 fully saturated rings. The van der Waals surface area contributed by atoms with Crippen molar-refractivity contribution in [2.75, 3.05) is 43.1 Å². The fourth-order valence-corrected chi connectivity index (χ4v) is 2.66. The molecule has 23 heavy (non-hydrogen) atoms.